The number of hydrogen-bond acceptors (Lipinski definition) is 8. The Balaban J connectivity index is 2.05. The number of carbonyl (C=O) groups is 2. The van der Waals surface area contributed by atoms with Crippen molar-refractivity contribution in [3.8, 4) is 0 Å². The highest BCUT2D eigenvalue weighted by Crippen LogP contribution is 2.47. The average molecular weight is 514 g/mol. The van der Waals surface area contributed by atoms with E-state index in [-0.39, 0.29) is 37.4 Å². The predicted octanol–water partition coefficient (Wildman–Crippen LogP) is 6.09. The fourth-order valence-corrected chi connectivity index (χ4v) is 3.97. The molecular formula is C25H30F3NO7. The molecule has 1 saturated carbocycles. The molecule has 3 rings (SSSR count). The normalized spacial score (nSPS) is 18.3. The van der Waals surface area contributed by atoms with E-state index < -0.39 is 30.0 Å². The molecule has 1 fully saturated rings. The van der Waals surface area contributed by atoms with Crippen molar-refractivity contribution in [3.63, 3.8) is 0 Å². The molecule has 1 aliphatic carbocycles. The van der Waals surface area contributed by atoms with Gasteiger partial charge in [-0.25, -0.2) is 9.59 Å². The number of methoxy groups -OCH3 is 1. The Hall–Kier alpha value is -3.21. The summed E-state index contributed by atoms with van der Waals surface area (Å²) in [6.45, 7) is 5.54. The Bertz CT molecular complexity index is 1010. The van der Waals surface area contributed by atoms with Gasteiger partial charge in [0.1, 0.15) is 24.0 Å². The van der Waals surface area contributed by atoms with E-state index in [9.17, 15) is 22.8 Å². The third kappa shape index (κ3) is 6.51. The van der Waals surface area contributed by atoms with Crippen LogP contribution < -0.4 is 0 Å². The highest BCUT2D eigenvalue weighted by Gasteiger charge is 2.43. The van der Waals surface area contributed by atoms with E-state index >= 15 is 0 Å². The Labute approximate surface area is 207 Å². The molecule has 1 aromatic rings. The minimum atomic E-state index is -4.53. The van der Waals surface area contributed by atoms with E-state index in [0.29, 0.717) is 23.4 Å². The lowest BCUT2D eigenvalue weighted by molar-refractivity contribution is -0.137. The lowest BCUT2D eigenvalue weighted by Gasteiger charge is -2.37. The van der Waals surface area contributed by atoms with Gasteiger partial charge in [0.15, 0.2) is 0 Å². The molecule has 1 aromatic carbocycles. The summed E-state index contributed by atoms with van der Waals surface area (Å²) in [5.41, 5.74) is 0.635. The second-order valence-electron chi connectivity index (χ2n) is 8.45. The van der Waals surface area contributed by atoms with Crippen molar-refractivity contribution in [2.75, 3.05) is 26.9 Å². The monoisotopic (exact) mass is 513 g/mol. The molecule has 11 heteroatoms. The molecule has 1 heterocycles. The molecule has 1 aliphatic heterocycles. The number of ether oxygens (including phenoxy) is 5. The fourth-order valence-electron chi connectivity index (χ4n) is 3.97. The fraction of sp³-hybridized carbons (Fsp3) is 0.520. The van der Waals surface area contributed by atoms with Gasteiger partial charge in [0, 0.05) is 13.2 Å². The van der Waals surface area contributed by atoms with Gasteiger partial charge >= 0.3 is 18.5 Å². The van der Waals surface area contributed by atoms with Gasteiger partial charge in [-0.3, -0.25) is 0 Å². The van der Waals surface area contributed by atoms with E-state index in [0.717, 1.165) is 25.0 Å². The molecule has 1 unspecified atom stereocenters. The molecular weight excluding hydrogens is 483 g/mol. The molecule has 0 saturated heterocycles. The number of nitrogens with zero attached hydrogens (tertiary/aromatic N) is 1. The van der Waals surface area contributed by atoms with Crippen LogP contribution in [0.25, 0.3) is 0 Å². The summed E-state index contributed by atoms with van der Waals surface area (Å²) in [6.07, 6.45) is -4.18. The zero-order valence-corrected chi connectivity index (χ0v) is 20.6. The molecule has 0 bridgehead atoms. The number of halogens is 3. The Kier molecular flexibility index (Phi) is 8.89. The smallest absolute Gasteiger partial charge is 0.434 e. The van der Waals surface area contributed by atoms with Crippen LogP contribution in [-0.4, -0.2) is 50.2 Å². The second kappa shape index (κ2) is 11.7. The number of alkyl halides is 3. The third-order valence-corrected chi connectivity index (χ3v) is 5.76. The van der Waals surface area contributed by atoms with Gasteiger partial charge in [-0.1, -0.05) is 19.1 Å². The number of carbonyl (C=O) groups excluding carboxylic acids is 2. The first-order valence-corrected chi connectivity index (χ1v) is 11.6. The van der Waals surface area contributed by atoms with E-state index in [1.165, 1.54) is 19.2 Å². The number of benzene rings is 1. The van der Waals surface area contributed by atoms with Gasteiger partial charge in [-0.15, -0.1) is 0 Å². The molecule has 0 N–H and O–H groups in total. The van der Waals surface area contributed by atoms with Crippen molar-refractivity contribution >= 4 is 12.3 Å². The number of hydrogen-bond donors (Lipinski definition) is 0. The molecule has 0 spiro atoms. The van der Waals surface area contributed by atoms with Crippen LogP contribution in [0.3, 0.4) is 0 Å². The van der Waals surface area contributed by atoms with E-state index in [4.69, 9.17) is 23.7 Å². The van der Waals surface area contributed by atoms with Crippen LogP contribution in [0.5, 0.6) is 0 Å². The lowest BCUT2D eigenvalue weighted by atomic mass is 9.89. The minimum Gasteiger partial charge on any atom is -0.434 e. The Morgan fingerprint density at radius 3 is 1.89 bits per heavy atom. The van der Waals surface area contributed by atoms with Crippen molar-refractivity contribution in [1.29, 1.82) is 0 Å². The van der Waals surface area contributed by atoms with E-state index in [1.54, 1.807) is 13.8 Å². The highest BCUT2D eigenvalue weighted by molar-refractivity contribution is 5.65. The first-order chi connectivity index (χ1) is 17.1. The quantitative estimate of drug-likeness (QED) is 0.290. The summed E-state index contributed by atoms with van der Waals surface area (Å²) in [7, 11) is 1.45. The van der Waals surface area contributed by atoms with Crippen LogP contribution in [0, 0.1) is 0 Å². The Morgan fingerprint density at radius 2 is 1.44 bits per heavy atom. The SMILES string of the molecule is CCCOC(=O)OC1=C(C)N(C2CC2)C(C)=C(OC(=O)OCCOC)C1c1ccc(C(F)(F)F)cc1. The summed E-state index contributed by atoms with van der Waals surface area (Å²) >= 11 is 0. The molecule has 36 heavy (non-hydrogen) atoms. The summed E-state index contributed by atoms with van der Waals surface area (Å²) in [6, 6.07) is 4.48. The van der Waals surface area contributed by atoms with Gasteiger partial charge in [-0.2, -0.15) is 13.2 Å². The first kappa shape index (κ1) is 27.4. The van der Waals surface area contributed by atoms with Gasteiger partial charge in [0.25, 0.3) is 0 Å². The maximum Gasteiger partial charge on any atom is 0.513 e. The van der Waals surface area contributed by atoms with Crippen molar-refractivity contribution in [2.24, 2.45) is 0 Å². The zero-order chi connectivity index (χ0) is 26.5. The lowest BCUT2D eigenvalue weighted by Crippen LogP contribution is -2.34. The topological polar surface area (TPSA) is 83.5 Å². The molecule has 8 nitrogen and oxygen atoms in total. The van der Waals surface area contributed by atoms with E-state index in [1.807, 2.05) is 11.8 Å². The van der Waals surface area contributed by atoms with Crippen LogP contribution in [0.1, 0.15) is 57.1 Å². The number of allylic oxidation sites excluding steroid dienone is 2. The van der Waals surface area contributed by atoms with Crippen molar-refractivity contribution in [2.45, 2.75) is 58.2 Å². The largest absolute Gasteiger partial charge is 0.513 e. The molecule has 0 radical (unpaired) electrons. The standard InChI is InChI=1S/C25H30F3NO7/c1-5-12-33-23(30)35-21-15(2)29(19-10-11-19)16(3)22(36-24(31)34-14-13-32-4)20(21)17-6-8-18(9-7-17)25(26,27)28/h6-9,19-20H,5,10-14H2,1-4H3. The van der Waals surface area contributed by atoms with Gasteiger partial charge < -0.3 is 28.6 Å². The van der Waals surface area contributed by atoms with Crippen LogP contribution in [0.2, 0.25) is 0 Å². The highest BCUT2D eigenvalue weighted by atomic mass is 19.4. The summed E-state index contributed by atoms with van der Waals surface area (Å²) in [5.74, 6) is -0.799. The van der Waals surface area contributed by atoms with Crippen LogP contribution >= 0.6 is 0 Å². The predicted molar refractivity (Wildman–Crippen MR) is 121 cm³/mol. The molecule has 198 valence electrons. The first-order valence-electron chi connectivity index (χ1n) is 11.6. The maximum atomic E-state index is 13.2. The zero-order valence-electron chi connectivity index (χ0n) is 20.6. The third-order valence-electron chi connectivity index (χ3n) is 5.76. The maximum absolute atomic E-state index is 13.2. The summed E-state index contributed by atoms with van der Waals surface area (Å²) in [5, 5.41) is 0. The van der Waals surface area contributed by atoms with Crippen molar-refractivity contribution < 1.29 is 46.4 Å². The molecule has 0 amide bonds. The van der Waals surface area contributed by atoms with Crippen LogP contribution in [-0.2, 0) is 29.9 Å². The Morgan fingerprint density at radius 1 is 0.917 bits per heavy atom. The van der Waals surface area contributed by atoms with Crippen molar-refractivity contribution in [1.82, 2.24) is 4.90 Å². The van der Waals surface area contributed by atoms with Crippen LogP contribution in [0.15, 0.2) is 47.2 Å². The van der Waals surface area contributed by atoms with Crippen LogP contribution in [0.4, 0.5) is 22.8 Å². The summed E-state index contributed by atoms with van der Waals surface area (Å²) < 4.78 is 65.8. The van der Waals surface area contributed by atoms with Crippen molar-refractivity contribution in [3.05, 3.63) is 58.3 Å². The van der Waals surface area contributed by atoms with Gasteiger partial charge in [0.05, 0.1) is 30.2 Å². The van der Waals surface area contributed by atoms with Gasteiger partial charge in [0.2, 0.25) is 0 Å². The second-order valence-corrected chi connectivity index (χ2v) is 8.45. The summed E-state index contributed by atoms with van der Waals surface area (Å²) in [4.78, 5) is 26.8. The molecule has 1 atom stereocenters. The average Bonchev–Trinajstić information content (AvgIpc) is 3.66. The minimum absolute atomic E-state index is 0.0550. The number of rotatable bonds is 9. The van der Waals surface area contributed by atoms with E-state index in [2.05, 4.69) is 0 Å². The molecule has 2 aliphatic rings. The molecule has 0 aromatic heterocycles. The van der Waals surface area contributed by atoms with Gasteiger partial charge in [-0.05, 0) is 50.8 Å².